The van der Waals surface area contributed by atoms with E-state index in [1.807, 2.05) is 0 Å². The van der Waals surface area contributed by atoms with Crippen molar-refractivity contribution in [3.63, 3.8) is 0 Å². The lowest BCUT2D eigenvalue weighted by molar-refractivity contribution is -0.138. The Morgan fingerprint density at radius 1 is 1.38 bits per heavy atom. The number of oxime groups is 1. The molecule has 0 spiro atoms. The molecule has 1 amide bonds. The number of hydrogen-bond acceptors (Lipinski definition) is 3. The topological polar surface area (TPSA) is 87.7 Å². The van der Waals surface area contributed by atoms with Crippen LogP contribution in [-0.2, 0) is 6.18 Å². The van der Waals surface area contributed by atoms with E-state index in [1.165, 1.54) is 19.9 Å². The summed E-state index contributed by atoms with van der Waals surface area (Å²) in [5, 5.41) is 13.6. The third-order valence-corrected chi connectivity index (χ3v) is 3.20. The Morgan fingerprint density at radius 3 is 2.43 bits per heavy atom. The van der Waals surface area contributed by atoms with Crippen molar-refractivity contribution in [1.82, 2.24) is 5.32 Å². The number of carbonyl (C=O) groups is 1. The van der Waals surface area contributed by atoms with E-state index in [-0.39, 0.29) is 10.3 Å². The molecule has 1 aromatic carbocycles. The van der Waals surface area contributed by atoms with E-state index in [9.17, 15) is 18.0 Å². The first kappa shape index (κ1) is 17.3. The van der Waals surface area contributed by atoms with E-state index in [0.717, 1.165) is 12.1 Å². The fourth-order valence-corrected chi connectivity index (χ4v) is 1.85. The van der Waals surface area contributed by atoms with Crippen LogP contribution in [0.15, 0.2) is 27.8 Å². The molecule has 1 aromatic rings. The van der Waals surface area contributed by atoms with E-state index >= 15 is 0 Å². The van der Waals surface area contributed by atoms with Gasteiger partial charge in [-0.15, -0.1) is 0 Å². The Balaban J connectivity index is 3.21. The zero-order valence-electron chi connectivity index (χ0n) is 11.1. The highest BCUT2D eigenvalue weighted by Crippen LogP contribution is 2.34. The van der Waals surface area contributed by atoms with Gasteiger partial charge in [0.05, 0.1) is 16.7 Å². The molecule has 0 aliphatic carbocycles. The first-order chi connectivity index (χ1) is 9.49. The summed E-state index contributed by atoms with van der Waals surface area (Å²) in [5.74, 6) is -1.31. The number of carbonyl (C=O) groups excluding carboxylic acids is 1. The number of benzene rings is 1. The zero-order valence-corrected chi connectivity index (χ0v) is 12.7. The smallest absolute Gasteiger partial charge is 0.409 e. The normalized spacial score (nSPS) is 13.1. The molecule has 0 radical (unpaired) electrons. The molecular formula is C12H13BrF3N3O2. The summed E-state index contributed by atoms with van der Waals surface area (Å²) < 4.78 is 39.1. The highest BCUT2D eigenvalue weighted by Gasteiger charge is 2.36. The van der Waals surface area contributed by atoms with Crippen LogP contribution in [0.2, 0.25) is 0 Å². The quantitative estimate of drug-likeness (QED) is 0.332. The lowest BCUT2D eigenvalue weighted by Crippen LogP contribution is -2.53. The fourth-order valence-electron chi connectivity index (χ4n) is 1.49. The van der Waals surface area contributed by atoms with Gasteiger partial charge in [0.25, 0.3) is 5.91 Å². The highest BCUT2D eigenvalue weighted by atomic mass is 79.9. The first-order valence-electron chi connectivity index (χ1n) is 5.66. The predicted octanol–water partition coefficient (Wildman–Crippen LogP) is 2.72. The van der Waals surface area contributed by atoms with Crippen molar-refractivity contribution < 1.29 is 23.2 Å². The molecule has 0 heterocycles. The number of hydrogen-bond donors (Lipinski definition) is 3. The summed E-state index contributed by atoms with van der Waals surface area (Å²) in [7, 11) is 0. The Hall–Kier alpha value is -1.77. The van der Waals surface area contributed by atoms with Gasteiger partial charge in [-0.25, -0.2) is 0 Å². The van der Waals surface area contributed by atoms with Gasteiger partial charge in [-0.1, -0.05) is 21.1 Å². The molecule has 116 valence electrons. The first-order valence-corrected chi connectivity index (χ1v) is 6.45. The maximum Gasteiger partial charge on any atom is 0.417 e. The van der Waals surface area contributed by atoms with Crippen LogP contribution >= 0.6 is 15.9 Å². The van der Waals surface area contributed by atoms with Gasteiger partial charge in [0.15, 0.2) is 5.84 Å². The Bertz CT molecular complexity index is 586. The Morgan fingerprint density at radius 2 is 1.95 bits per heavy atom. The van der Waals surface area contributed by atoms with Crippen molar-refractivity contribution >= 4 is 27.7 Å². The molecule has 0 atom stereocenters. The van der Waals surface area contributed by atoms with Crippen LogP contribution in [0, 0.1) is 0 Å². The second-order valence-electron chi connectivity index (χ2n) is 4.75. The van der Waals surface area contributed by atoms with E-state index < -0.39 is 28.7 Å². The van der Waals surface area contributed by atoms with Crippen LogP contribution in [0.5, 0.6) is 0 Å². The molecule has 0 aliphatic rings. The lowest BCUT2D eigenvalue weighted by Gasteiger charge is -2.25. The van der Waals surface area contributed by atoms with Gasteiger partial charge in [0.1, 0.15) is 0 Å². The number of halogens is 4. The van der Waals surface area contributed by atoms with E-state index in [1.54, 1.807) is 0 Å². The summed E-state index contributed by atoms with van der Waals surface area (Å²) in [6.45, 7) is 2.79. The summed E-state index contributed by atoms with van der Waals surface area (Å²) in [4.78, 5) is 12.0. The fraction of sp³-hybridized carbons (Fsp3) is 0.333. The van der Waals surface area contributed by atoms with E-state index in [4.69, 9.17) is 10.9 Å². The lowest BCUT2D eigenvalue weighted by atomic mass is 10.0. The number of nitrogens with one attached hydrogen (secondary N) is 1. The van der Waals surface area contributed by atoms with Crippen molar-refractivity contribution in [2.24, 2.45) is 10.9 Å². The van der Waals surface area contributed by atoms with Gasteiger partial charge in [-0.05, 0) is 32.0 Å². The minimum atomic E-state index is -4.68. The zero-order chi connectivity index (χ0) is 16.4. The van der Waals surface area contributed by atoms with Crippen LogP contribution in [0.1, 0.15) is 29.8 Å². The monoisotopic (exact) mass is 367 g/mol. The minimum Gasteiger partial charge on any atom is -0.409 e. The number of amidine groups is 1. The van der Waals surface area contributed by atoms with E-state index in [2.05, 4.69) is 26.4 Å². The summed E-state index contributed by atoms with van der Waals surface area (Å²) in [6, 6.07) is 3.18. The molecule has 0 aliphatic heterocycles. The third-order valence-electron chi connectivity index (χ3n) is 2.71. The Kier molecular flexibility index (Phi) is 4.87. The number of nitrogens with two attached hydrogens (primary N) is 1. The third kappa shape index (κ3) is 4.10. The van der Waals surface area contributed by atoms with Gasteiger partial charge in [0.2, 0.25) is 0 Å². The van der Waals surface area contributed by atoms with Gasteiger partial charge < -0.3 is 16.3 Å². The molecule has 0 unspecified atom stereocenters. The number of rotatable bonds is 3. The second kappa shape index (κ2) is 5.92. The summed E-state index contributed by atoms with van der Waals surface area (Å²) in [5.41, 5.74) is 2.45. The van der Waals surface area contributed by atoms with Crippen molar-refractivity contribution in [2.75, 3.05) is 0 Å². The maximum atomic E-state index is 13.0. The highest BCUT2D eigenvalue weighted by molar-refractivity contribution is 9.10. The number of amides is 1. The minimum absolute atomic E-state index is 0.196. The molecule has 0 saturated carbocycles. The summed E-state index contributed by atoms with van der Waals surface area (Å²) >= 11 is 2.93. The standard InChI is InChI=1S/C12H13BrF3N3O2/c1-11(2,10(17)19-21)18-9(20)7-4-3-6(13)5-8(7)12(14,15)16/h3-5,21H,1-2H3,(H2,17,19)(H,18,20). The second-order valence-corrected chi connectivity index (χ2v) is 5.67. The predicted molar refractivity (Wildman–Crippen MR) is 74.1 cm³/mol. The van der Waals surface area contributed by atoms with Crippen LogP contribution < -0.4 is 11.1 Å². The van der Waals surface area contributed by atoms with Crippen LogP contribution in [-0.4, -0.2) is 22.5 Å². The van der Waals surface area contributed by atoms with Crippen molar-refractivity contribution in [3.8, 4) is 0 Å². The van der Waals surface area contributed by atoms with E-state index in [0.29, 0.717) is 0 Å². The van der Waals surface area contributed by atoms with Crippen LogP contribution in [0.25, 0.3) is 0 Å². The average molecular weight is 368 g/mol. The van der Waals surface area contributed by atoms with Gasteiger partial charge in [0, 0.05) is 4.47 Å². The van der Waals surface area contributed by atoms with Crippen molar-refractivity contribution in [2.45, 2.75) is 25.6 Å². The SMILES string of the molecule is CC(C)(NC(=O)c1ccc(Br)cc1C(F)(F)F)/C(N)=N/O. The van der Waals surface area contributed by atoms with Crippen molar-refractivity contribution in [1.29, 1.82) is 0 Å². The van der Waals surface area contributed by atoms with Gasteiger partial charge in [-0.2, -0.15) is 13.2 Å². The number of nitrogens with zero attached hydrogens (tertiary/aromatic N) is 1. The van der Waals surface area contributed by atoms with Crippen molar-refractivity contribution in [3.05, 3.63) is 33.8 Å². The molecule has 1 rings (SSSR count). The van der Waals surface area contributed by atoms with Gasteiger partial charge >= 0.3 is 6.18 Å². The molecule has 0 bridgehead atoms. The molecule has 5 nitrogen and oxygen atoms in total. The van der Waals surface area contributed by atoms with Crippen LogP contribution in [0.3, 0.4) is 0 Å². The molecule has 0 fully saturated rings. The molecule has 9 heteroatoms. The average Bonchev–Trinajstić information content (AvgIpc) is 2.35. The summed E-state index contributed by atoms with van der Waals surface area (Å²) in [6.07, 6.45) is -4.68. The molecule has 4 N–H and O–H groups in total. The largest absolute Gasteiger partial charge is 0.417 e. The Labute approximate surface area is 127 Å². The van der Waals surface area contributed by atoms with Crippen LogP contribution in [0.4, 0.5) is 13.2 Å². The maximum absolute atomic E-state index is 13.0. The number of alkyl halides is 3. The molecular weight excluding hydrogens is 355 g/mol. The molecule has 21 heavy (non-hydrogen) atoms. The molecule has 0 saturated heterocycles. The molecule has 0 aromatic heterocycles. The van der Waals surface area contributed by atoms with Gasteiger partial charge in [-0.3, -0.25) is 4.79 Å².